The zero-order valence-electron chi connectivity index (χ0n) is 22.3. The minimum absolute atomic E-state index is 0.0582. The molecule has 0 spiro atoms. The number of carbonyl (C=O) groups excluding carboxylic acids is 2. The normalized spacial score (nSPS) is 16.6. The van der Waals surface area contributed by atoms with E-state index in [0.717, 1.165) is 34.7 Å². The van der Waals surface area contributed by atoms with E-state index in [1.807, 2.05) is 45.2 Å². The quantitative estimate of drug-likeness (QED) is 0.125. The standard InChI is InChI=1S/C30H38N2O4S/c1-30(2,3)29(34)32(36-37-26-15-11-23(12-16-26)22-9-5-4-6-10-22)19-7-8-20-35-25-14-17-27-24(21-25)13-18-28(33)31-27/h11-12,14-17,19,21-22H,4-10,13,18,20H2,1-3H3/p+1. The molecule has 37 heavy (non-hydrogen) atoms. The molecule has 1 N–H and O–H groups in total. The molecule has 1 fully saturated rings. The van der Waals surface area contributed by atoms with Crippen molar-refractivity contribution in [2.75, 3.05) is 11.9 Å². The Balaban J connectivity index is 1.29. The van der Waals surface area contributed by atoms with Gasteiger partial charge in [0.05, 0.1) is 21.7 Å². The Morgan fingerprint density at radius 1 is 1.08 bits per heavy atom. The van der Waals surface area contributed by atoms with E-state index >= 15 is 0 Å². The first kappa shape index (κ1) is 27.2. The number of ether oxygens (including phenoxy) is 1. The fourth-order valence-corrected chi connectivity index (χ4v) is 5.27. The third-order valence-corrected chi connectivity index (χ3v) is 7.60. The molecule has 0 bridgehead atoms. The topological polar surface area (TPSA) is 67.6 Å². The fraction of sp³-hybridized carbons (Fsp3) is 0.500. The number of anilines is 1. The van der Waals surface area contributed by atoms with Crippen LogP contribution in [0.4, 0.5) is 5.69 Å². The molecule has 7 heteroatoms. The highest BCUT2D eigenvalue weighted by Gasteiger charge is 2.35. The van der Waals surface area contributed by atoms with Crippen molar-refractivity contribution < 1.29 is 23.3 Å². The average molecular weight is 524 g/mol. The van der Waals surface area contributed by atoms with Crippen molar-refractivity contribution in [3.63, 3.8) is 0 Å². The predicted octanol–water partition coefficient (Wildman–Crippen LogP) is 7.07. The number of rotatable bonds is 9. The highest BCUT2D eigenvalue weighted by molar-refractivity contribution is 7.94. The smallest absolute Gasteiger partial charge is 0.440 e. The molecule has 2 aromatic rings. The van der Waals surface area contributed by atoms with E-state index in [9.17, 15) is 9.59 Å². The van der Waals surface area contributed by atoms with Crippen LogP contribution >= 0.6 is 12.0 Å². The van der Waals surface area contributed by atoms with Crippen molar-refractivity contribution in [1.82, 2.24) is 0 Å². The molecule has 0 unspecified atom stereocenters. The molecule has 4 rings (SSSR count). The van der Waals surface area contributed by atoms with E-state index in [4.69, 9.17) is 9.02 Å². The number of aryl methyl sites for hydroxylation is 1. The monoisotopic (exact) mass is 523 g/mol. The molecule has 0 saturated heterocycles. The van der Waals surface area contributed by atoms with Gasteiger partial charge in [-0.3, -0.25) is 4.79 Å². The van der Waals surface area contributed by atoms with Crippen LogP contribution in [0.5, 0.6) is 5.75 Å². The van der Waals surface area contributed by atoms with Crippen LogP contribution in [0.15, 0.2) is 47.4 Å². The van der Waals surface area contributed by atoms with Crippen LogP contribution in [0.3, 0.4) is 0 Å². The van der Waals surface area contributed by atoms with Crippen LogP contribution in [-0.4, -0.2) is 29.4 Å². The number of amides is 2. The van der Waals surface area contributed by atoms with Crippen LogP contribution in [0.25, 0.3) is 0 Å². The lowest BCUT2D eigenvalue weighted by Gasteiger charge is -2.21. The maximum absolute atomic E-state index is 13.0. The summed E-state index contributed by atoms with van der Waals surface area (Å²) in [5.74, 6) is 1.44. The molecule has 0 radical (unpaired) electrons. The molecule has 1 heterocycles. The largest absolute Gasteiger partial charge is 0.494 e. The van der Waals surface area contributed by atoms with Crippen molar-refractivity contribution in [3.05, 3.63) is 53.6 Å². The summed E-state index contributed by atoms with van der Waals surface area (Å²) >= 11 is 1.21. The molecule has 6 nitrogen and oxygen atoms in total. The van der Waals surface area contributed by atoms with Crippen LogP contribution in [0.1, 0.15) is 89.2 Å². The molecule has 0 aromatic heterocycles. The second-order valence-electron chi connectivity index (χ2n) is 11.0. The minimum Gasteiger partial charge on any atom is -0.494 e. The minimum atomic E-state index is -0.559. The molecule has 1 aliphatic carbocycles. The van der Waals surface area contributed by atoms with Gasteiger partial charge < -0.3 is 10.1 Å². The van der Waals surface area contributed by atoms with Gasteiger partial charge in [0.1, 0.15) is 5.75 Å². The number of hydroxylamine groups is 1. The highest BCUT2D eigenvalue weighted by atomic mass is 32.2. The first-order chi connectivity index (χ1) is 17.8. The van der Waals surface area contributed by atoms with E-state index in [2.05, 4.69) is 29.6 Å². The Hall–Kier alpha value is -2.80. The Bertz CT molecular complexity index is 1120. The lowest BCUT2D eigenvalue weighted by molar-refractivity contribution is -0.670. The summed E-state index contributed by atoms with van der Waals surface area (Å²) in [5, 5.41) is 2.89. The van der Waals surface area contributed by atoms with E-state index in [0.29, 0.717) is 25.4 Å². The Morgan fingerprint density at radius 2 is 1.84 bits per heavy atom. The Kier molecular flexibility index (Phi) is 9.30. The second kappa shape index (κ2) is 12.6. The molecule has 2 aromatic carbocycles. The van der Waals surface area contributed by atoms with Crippen molar-refractivity contribution in [2.24, 2.45) is 5.41 Å². The number of hydrogen-bond acceptors (Lipinski definition) is 5. The Labute approximate surface area is 225 Å². The van der Waals surface area contributed by atoms with Gasteiger partial charge in [0.2, 0.25) is 12.1 Å². The fourth-order valence-electron chi connectivity index (χ4n) is 4.72. The molecule has 198 valence electrons. The van der Waals surface area contributed by atoms with Gasteiger partial charge in [-0.25, -0.2) is 4.79 Å². The van der Waals surface area contributed by atoms with Gasteiger partial charge in [-0.15, -0.1) is 0 Å². The summed E-state index contributed by atoms with van der Waals surface area (Å²) in [5.41, 5.74) is 2.81. The van der Waals surface area contributed by atoms with Gasteiger partial charge in [-0.1, -0.05) is 31.4 Å². The highest BCUT2D eigenvalue weighted by Crippen LogP contribution is 2.34. The summed E-state index contributed by atoms with van der Waals surface area (Å²) in [6.45, 7) is 6.20. The molecular formula is C30H39N2O4S+. The van der Waals surface area contributed by atoms with E-state index in [1.54, 1.807) is 0 Å². The SMILES string of the molecule is CC(C)(C)C(=O)[N+](=CCCCOc1ccc2c(c1)CCC(=O)N2)OSc1ccc(C2CCCCC2)cc1. The first-order valence-corrected chi connectivity index (χ1v) is 14.2. The third kappa shape index (κ3) is 7.84. The summed E-state index contributed by atoms with van der Waals surface area (Å²) < 4.78 is 13.2. The number of nitrogens with one attached hydrogen (secondary N) is 1. The van der Waals surface area contributed by atoms with Crippen molar-refractivity contribution in [1.29, 1.82) is 0 Å². The van der Waals surface area contributed by atoms with Crippen LogP contribution in [0, 0.1) is 5.41 Å². The number of carbonyl (C=O) groups is 2. The molecule has 0 atom stereocenters. The number of unbranched alkanes of at least 4 members (excludes halogenated alkanes) is 1. The summed E-state index contributed by atoms with van der Waals surface area (Å²) in [4.78, 5) is 25.5. The number of benzene rings is 2. The van der Waals surface area contributed by atoms with Crippen LogP contribution in [0.2, 0.25) is 0 Å². The van der Waals surface area contributed by atoms with Crippen LogP contribution in [-0.2, 0) is 20.3 Å². The molecule has 1 aliphatic heterocycles. The van der Waals surface area contributed by atoms with E-state index in [-0.39, 0.29) is 11.8 Å². The average Bonchev–Trinajstić information content (AvgIpc) is 2.90. The molecule has 1 saturated carbocycles. The van der Waals surface area contributed by atoms with E-state index in [1.165, 1.54) is 54.4 Å². The number of nitrogens with zero attached hydrogens (tertiary/aromatic N) is 1. The Morgan fingerprint density at radius 3 is 2.57 bits per heavy atom. The van der Waals surface area contributed by atoms with Gasteiger partial charge >= 0.3 is 5.91 Å². The van der Waals surface area contributed by atoms with E-state index < -0.39 is 5.41 Å². The van der Waals surface area contributed by atoms with Gasteiger partial charge in [0.25, 0.3) is 0 Å². The maximum Gasteiger partial charge on any atom is 0.440 e. The molecule has 2 amide bonds. The van der Waals surface area contributed by atoms with Gasteiger partial charge in [-0.2, -0.15) is 4.28 Å². The second-order valence-corrected chi connectivity index (χ2v) is 11.8. The lowest BCUT2D eigenvalue weighted by atomic mass is 9.84. The number of hydrogen-bond donors (Lipinski definition) is 1. The summed E-state index contributed by atoms with van der Waals surface area (Å²) in [7, 11) is 0. The zero-order chi connectivity index (χ0) is 26.3. The predicted molar refractivity (Wildman–Crippen MR) is 148 cm³/mol. The first-order valence-electron chi connectivity index (χ1n) is 13.5. The van der Waals surface area contributed by atoms with Gasteiger partial charge in [0, 0.05) is 18.5 Å². The maximum atomic E-state index is 13.0. The summed E-state index contributed by atoms with van der Waals surface area (Å²) in [6, 6.07) is 14.3. The summed E-state index contributed by atoms with van der Waals surface area (Å²) in [6.07, 6.45) is 11.0. The van der Waals surface area contributed by atoms with Crippen LogP contribution < -0.4 is 10.1 Å². The zero-order valence-corrected chi connectivity index (χ0v) is 23.1. The lowest BCUT2D eigenvalue weighted by Crippen LogP contribution is -2.32. The van der Waals surface area contributed by atoms with Gasteiger partial charge in [0.15, 0.2) is 12.0 Å². The van der Waals surface area contributed by atoms with Crippen molar-refractivity contribution in [2.45, 2.75) is 89.4 Å². The molecular weight excluding hydrogens is 484 g/mol. The van der Waals surface area contributed by atoms with Crippen molar-refractivity contribution in [3.8, 4) is 5.75 Å². The number of fused-ring (bicyclic) bond motifs is 1. The third-order valence-electron chi connectivity index (χ3n) is 6.90. The molecule has 2 aliphatic rings. The van der Waals surface area contributed by atoms with Gasteiger partial charge in [-0.05, 0) is 93.8 Å². The van der Waals surface area contributed by atoms with Crippen molar-refractivity contribution >= 4 is 35.8 Å².